The molecule has 0 radical (unpaired) electrons. The Kier molecular flexibility index (Phi) is 9.88. The second-order valence-electron chi connectivity index (χ2n) is 7.58. The number of rotatable bonds is 5. The van der Waals surface area contributed by atoms with Gasteiger partial charge in [0.15, 0.2) is 0 Å². The summed E-state index contributed by atoms with van der Waals surface area (Å²) in [6.07, 6.45) is 0.700. The van der Waals surface area contributed by atoms with Gasteiger partial charge in [0.25, 0.3) is 0 Å². The van der Waals surface area contributed by atoms with E-state index in [0.29, 0.717) is 11.4 Å². The predicted octanol–water partition coefficient (Wildman–Crippen LogP) is 4.72. The summed E-state index contributed by atoms with van der Waals surface area (Å²) in [5.41, 5.74) is 1.90. The fraction of sp³-hybridized carbons (Fsp3) is 0.455. The summed E-state index contributed by atoms with van der Waals surface area (Å²) < 4.78 is 0. The standard InChI is InChI=1S/C22H27ClN4.2ClH/c1-17-5-4-6-21(25-17)22(16-24,19-7-9-20(23)10-8-19)15-18(2)27-13-11-26(3)12-14-27;;/h4-10,18H,11-15H2,1-3H3;2*1H. The number of likely N-dealkylation sites (N-methyl/N-ethyl adjacent to an activating group) is 1. The summed E-state index contributed by atoms with van der Waals surface area (Å²) in [5, 5.41) is 11.1. The molecule has 0 amide bonds. The monoisotopic (exact) mass is 454 g/mol. The van der Waals surface area contributed by atoms with Gasteiger partial charge in [-0.05, 0) is 57.1 Å². The van der Waals surface area contributed by atoms with Crippen LogP contribution in [0, 0.1) is 18.3 Å². The van der Waals surface area contributed by atoms with Crippen LogP contribution < -0.4 is 0 Å². The summed E-state index contributed by atoms with van der Waals surface area (Å²) in [6.45, 7) is 8.38. The van der Waals surface area contributed by atoms with Crippen LogP contribution >= 0.6 is 36.4 Å². The van der Waals surface area contributed by atoms with Gasteiger partial charge in [0.05, 0.1) is 11.8 Å². The van der Waals surface area contributed by atoms with Crippen LogP contribution in [0.5, 0.6) is 0 Å². The van der Waals surface area contributed by atoms with Crippen LogP contribution in [0.3, 0.4) is 0 Å². The van der Waals surface area contributed by atoms with Crippen molar-refractivity contribution in [1.29, 1.82) is 5.26 Å². The average molecular weight is 456 g/mol. The Balaban J connectivity index is 0.00000210. The molecule has 0 bridgehead atoms. The van der Waals surface area contributed by atoms with E-state index in [2.05, 4.69) is 29.8 Å². The van der Waals surface area contributed by atoms with Crippen molar-refractivity contribution in [3.05, 3.63) is 64.4 Å². The smallest absolute Gasteiger partial charge is 0.126 e. The minimum absolute atomic E-state index is 0. The molecule has 1 aliphatic rings. The molecule has 0 N–H and O–H groups in total. The molecule has 2 unspecified atom stereocenters. The van der Waals surface area contributed by atoms with Gasteiger partial charge in [0, 0.05) is 42.9 Å². The fourth-order valence-corrected chi connectivity index (χ4v) is 4.01. The van der Waals surface area contributed by atoms with E-state index in [1.54, 1.807) is 0 Å². The number of hydrogen-bond donors (Lipinski definition) is 0. The molecule has 1 fully saturated rings. The lowest BCUT2D eigenvalue weighted by molar-refractivity contribution is 0.108. The number of aromatic nitrogens is 1. The van der Waals surface area contributed by atoms with Gasteiger partial charge >= 0.3 is 0 Å². The Morgan fingerprint density at radius 3 is 2.28 bits per heavy atom. The molecule has 1 aromatic carbocycles. The first kappa shape index (κ1) is 25.7. The van der Waals surface area contributed by atoms with Crippen molar-refractivity contribution in [2.24, 2.45) is 0 Å². The highest BCUT2D eigenvalue weighted by atomic mass is 35.5. The van der Waals surface area contributed by atoms with E-state index in [9.17, 15) is 5.26 Å². The number of benzene rings is 1. The first-order valence-electron chi connectivity index (χ1n) is 9.48. The van der Waals surface area contributed by atoms with Crippen LogP contribution in [0.1, 0.15) is 30.3 Å². The average Bonchev–Trinajstić information content (AvgIpc) is 2.67. The first-order chi connectivity index (χ1) is 12.9. The Morgan fingerprint density at radius 2 is 1.72 bits per heavy atom. The van der Waals surface area contributed by atoms with E-state index >= 15 is 0 Å². The van der Waals surface area contributed by atoms with Crippen LogP contribution in [0.25, 0.3) is 0 Å². The van der Waals surface area contributed by atoms with E-state index in [-0.39, 0.29) is 30.9 Å². The summed E-state index contributed by atoms with van der Waals surface area (Å²) in [6, 6.07) is 16.5. The number of halogens is 3. The van der Waals surface area contributed by atoms with E-state index in [1.165, 1.54) is 0 Å². The molecule has 0 spiro atoms. The van der Waals surface area contributed by atoms with Crippen molar-refractivity contribution >= 4 is 36.4 Å². The number of nitrogens with zero attached hydrogens (tertiary/aromatic N) is 4. The zero-order chi connectivity index (χ0) is 19.4. The maximum atomic E-state index is 10.4. The molecule has 1 saturated heterocycles. The van der Waals surface area contributed by atoms with Gasteiger partial charge in [-0.15, -0.1) is 24.8 Å². The van der Waals surface area contributed by atoms with E-state index in [4.69, 9.17) is 16.6 Å². The van der Waals surface area contributed by atoms with Crippen molar-refractivity contribution in [2.75, 3.05) is 33.2 Å². The van der Waals surface area contributed by atoms with Crippen molar-refractivity contribution in [3.63, 3.8) is 0 Å². The molecular weight excluding hydrogens is 427 g/mol. The van der Waals surface area contributed by atoms with Gasteiger partial charge in [-0.2, -0.15) is 5.26 Å². The largest absolute Gasteiger partial charge is 0.304 e. The van der Waals surface area contributed by atoms with Crippen molar-refractivity contribution in [1.82, 2.24) is 14.8 Å². The molecule has 2 heterocycles. The van der Waals surface area contributed by atoms with Crippen molar-refractivity contribution in [3.8, 4) is 6.07 Å². The SMILES string of the molecule is Cc1cccc(C(C#N)(CC(C)N2CCN(C)CC2)c2ccc(Cl)cc2)n1.Cl.Cl. The fourth-order valence-electron chi connectivity index (χ4n) is 3.89. The molecule has 158 valence electrons. The summed E-state index contributed by atoms with van der Waals surface area (Å²) in [4.78, 5) is 9.58. The number of piperazine rings is 1. The molecule has 2 aromatic rings. The molecule has 0 aliphatic carbocycles. The number of aryl methyl sites for hydroxylation is 1. The third-order valence-corrected chi connectivity index (χ3v) is 5.87. The zero-order valence-electron chi connectivity index (χ0n) is 17.1. The summed E-state index contributed by atoms with van der Waals surface area (Å²) >= 11 is 6.11. The molecule has 2 atom stereocenters. The van der Waals surface area contributed by atoms with Gasteiger partial charge in [-0.1, -0.05) is 29.8 Å². The normalized spacial score (nSPS) is 17.9. The van der Waals surface area contributed by atoms with Gasteiger partial charge in [0.2, 0.25) is 0 Å². The van der Waals surface area contributed by atoms with Gasteiger partial charge in [-0.3, -0.25) is 9.88 Å². The lowest BCUT2D eigenvalue weighted by Gasteiger charge is -2.39. The molecule has 1 aliphatic heterocycles. The minimum Gasteiger partial charge on any atom is -0.304 e. The predicted molar refractivity (Wildman–Crippen MR) is 124 cm³/mol. The van der Waals surface area contributed by atoms with E-state index in [0.717, 1.165) is 43.1 Å². The Morgan fingerprint density at radius 1 is 1.10 bits per heavy atom. The number of nitriles is 1. The second kappa shape index (κ2) is 11.2. The highest BCUT2D eigenvalue weighted by Crippen LogP contribution is 2.37. The Hall–Kier alpha value is -1.35. The van der Waals surface area contributed by atoms with Crippen molar-refractivity contribution < 1.29 is 0 Å². The third kappa shape index (κ3) is 5.84. The minimum atomic E-state index is -0.792. The number of hydrogen-bond acceptors (Lipinski definition) is 4. The second-order valence-corrected chi connectivity index (χ2v) is 8.02. The zero-order valence-corrected chi connectivity index (χ0v) is 19.5. The van der Waals surface area contributed by atoms with Gasteiger partial charge in [-0.25, -0.2) is 0 Å². The summed E-state index contributed by atoms with van der Waals surface area (Å²) in [7, 11) is 2.16. The van der Waals surface area contributed by atoms with E-state index < -0.39 is 5.41 Å². The van der Waals surface area contributed by atoms with Gasteiger partial charge < -0.3 is 4.90 Å². The maximum absolute atomic E-state index is 10.4. The topological polar surface area (TPSA) is 43.2 Å². The van der Waals surface area contributed by atoms with Crippen LogP contribution in [0.4, 0.5) is 0 Å². The lowest BCUT2D eigenvalue weighted by Crippen LogP contribution is -2.50. The lowest BCUT2D eigenvalue weighted by atomic mass is 9.73. The summed E-state index contributed by atoms with van der Waals surface area (Å²) in [5.74, 6) is 0. The van der Waals surface area contributed by atoms with Crippen LogP contribution in [0.15, 0.2) is 42.5 Å². The number of pyridine rings is 1. The molecule has 29 heavy (non-hydrogen) atoms. The molecular formula is C22H29Cl3N4. The molecule has 1 aromatic heterocycles. The molecule has 0 saturated carbocycles. The molecule has 3 rings (SSSR count). The van der Waals surface area contributed by atoms with E-state index in [1.807, 2.05) is 49.4 Å². The van der Waals surface area contributed by atoms with Crippen molar-refractivity contribution in [2.45, 2.75) is 31.7 Å². The highest BCUT2D eigenvalue weighted by Gasteiger charge is 2.39. The Labute approximate surface area is 191 Å². The highest BCUT2D eigenvalue weighted by molar-refractivity contribution is 6.30. The van der Waals surface area contributed by atoms with Crippen LogP contribution in [0.2, 0.25) is 5.02 Å². The maximum Gasteiger partial charge on any atom is 0.126 e. The van der Waals surface area contributed by atoms with Crippen LogP contribution in [-0.2, 0) is 5.41 Å². The molecule has 4 nitrogen and oxygen atoms in total. The Bertz CT molecular complexity index is 814. The van der Waals surface area contributed by atoms with Crippen LogP contribution in [-0.4, -0.2) is 54.1 Å². The van der Waals surface area contributed by atoms with Gasteiger partial charge in [0.1, 0.15) is 5.41 Å². The molecule has 7 heteroatoms. The first-order valence-corrected chi connectivity index (χ1v) is 9.86. The third-order valence-electron chi connectivity index (χ3n) is 5.62. The quantitative estimate of drug-likeness (QED) is 0.654.